The highest BCUT2D eigenvalue weighted by Gasteiger charge is 2.39. The van der Waals surface area contributed by atoms with Crippen molar-refractivity contribution in [1.29, 1.82) is 0 Å². The first-order valence-corrected chi connectivity index (χ1v) is 11.0. The number of nitrogens with one attached hydrogen (secondary N) is 2. The Kier molecular flexibility index (Phi) is 9.78. The molecule has 0 saturated carbocycles. The number of carbonyl (C=O) groups excluding carboxylic acids is 2. The third-order valence-corrected chi connectivity index (χ3v) is 5.40. The van der Waals surface area contributed by atoms with E-state index in [1.165, 1.54) is 18.2 Å². The molecule has 0 aliphatic heterocycles. The Morgan fingerprint density at radius 2 is 1.61 bits per heavy atom. The van der Waals surface area contributed by atoms with Gasteiger partial charge in [-0.25, -0.2) is 4.39 Å². The molecule has 2 aromatic rings. The molecule has 4 nitrogen and oxygen atoms in total. The molecule has 1 unspecified atom stereocenters. The van der Waals surface area contributed by atoms with E-state index >= 15 is 0 Å². The molecule has 0 spiro atoms. The fraction of sp³-hybridized carbons (Fsp3) is 0.304. The van der Waals surface area contributed by atoms with Crippen LogP contribution in [0.4, 0.5) is 30.7 Å². The van der Waals surface area contributed by atoms with Gasteiger partial charge in [-0.05, 0) is 41.3 Å². The van der Waals surface area contributed by atoms with Crippen LogP contribution in [0, 0.1) is 5.82 Å². The first-order chi connectivity index (χ1) is 16.6. The number of alkyl halides is 6. The number of benzene rings is 2. The molecule has 2 amide bonds. The van der Waals surface area contributed by atoms with E-state index in [-0.39, 0.29) is 17.5 Å². The van der Waals surface area contributed by atoms with Crippen LogP contribution in [-0.2, 0) is 11.2 Å². The summed E-state index contributed by atoms with van der Waals surface area (Å²) in [6, 6.07) is 5.79. The summed E-state index contributed by atoms with van der Waals surface area (Å²) < 4.78 is 91.1. The molecule has 196 valence electrons. The lowest BCUT2D eigenvalue weighted by Crippen LogP contribution is -2.41. The maximum atomic E-state index is 13.7. The van der Waals surface area contributed by atoms with E-state index in [9.17, 15) is 40.3 Å². The van der Waals surface area contributed by atoms with Crippen LogP contribution < -0.4 is 10.6 Å². The molecular weight excluding hydrogens is 540 g/mol. The Morgan fingerprint density at radius 1 is 1.00 bits per heavy atom. The quantitative estimate of drug-likeness (QED) is 0.288. The minimum Gasteiger partial charge on any atom is -0.345 e. The van der Waals surface area contributed by atoms with Crippen LogP contribution in [0.3, 0.4) is 0 Å². The van der Waals surface area contributed by atoms with Crippen LogP contribution in [0.5, 0.6) is 0 Å². The summed E-state index contributed by atoms with van der Waals surface area (Å²) >= 11 is 11.3. The number of hydrogen-bond acceptors (Lipinski definition) is 2. The summed E-state index contributed by atoms with van der Waals surface area (Å²) in [4.78, 5) is 23.9. The fourth-order valence-electron chi connectivity index (χ4n) is 3.12. The van der Waals surface area contributed by atoms with Crippen LogP contribution in [-0.4, -0.2) is 37.3 Å². The second-order valence-electron chi connectivity index (χ2n) is 7.52. The van der Waals surface area contributed by atoms with Crippen molar-refractivity contribution in [3.8, 4) is 0 Å². The molecule has 2 N–H and O–H groups in total. The van der Waals surface area contributed by atoms with Crippen molar-refractivity contribution in [2.75, 3.05) is 13.1 Å². The summed E-state index contributed by atoms with van der Waals surface area (Å²) in [5.41, 5.74) is 0.454. The molecule has 0 heterocycles. The zero-order valence-corrected chi connectivity index (χ0v) is 20.0. The van der Waals surface area contributed by atoms with Crippen molar-refractivity contribution in [1.82, 2.24) is 10.6 Å². The van der Waals surface area contributed by atoms with Gasteiger partial charge in [0.2, 0.25) is 5.91 Å². The van der Waals surface area contributed by atoms with E-state index in [0.717, 1.165) is 24.3 Å². The van der Waals surface area contributed by atoms with Crippen LogP contribution >= 0.6 is 23.2 Å². The highest BCUT2D eigenvalue weighted by molar-refractivity contribution is 6.35. The van der Waals surface area contributed by atoms with E-state index in [4.69, 9.17) is 23.2 Å². The van der Waals surface area contributed by atoms with Gasteiger partial charge in [-0.15, -0.1) is 0 Å². The van der Waals surface area contributed by atoms with Crippen molar-refractivity contribution < 1.29 is 40.3 Å². The molecule has 36 heavy (non-hydrogen) atoms. The standard InChI is InChI=1S/C23H19Cl2F7N2O2/c1-2-13-7-12(3-5-15(13)21(36)33-10-19(35)34-11-22(27,28)29)4-6-16(23(30,31)32)14-8-17(24)20(26)18(25)9-14/h3-9,16H,2,10-11H2,1H3,(H,33,36)(H,34,35). The SMILES string of the molecule is CCc1cc(C=CC(c2cc(Cl)c(F)c(Cl)c2)C(F)(F)F)ccc1C(=O)NCC(=O)NCC(F)(F)F. The Labute approximate surface area is 211 Å². The molecule has 0 aromatic heterocycles. The van der Waals surface area contributed by atoms with E-state index in [2.05, 4.69) is 5.32 Å². The first-order valence-electron chi connectivity index (χ1n) is 10.3. The third-order valence-electron chi connectivity index (χ3n) is 4.85. The summed E-state index contributed by atoms with van der Waals surface area (Å²) in [5, 5.41) is 2.69. The molecule has 0 radical (unpaired) electrons. The van der Waals surface area contributed by atoms with Crippen molar-refractivity contribution >= 4 is 41.1 Å². The summed E-state index contributed by atoms with van der Waals surface area (Å²) in [6.07, 6.45) is -7.06. The van der Waals surface area contributed by atoms with Crippen LogP contribution in [0.25, 0.3) is 6.08 Å². The second-order valence-corrected chi connectivity index (χ2v) is 8.34. The smallest absolute Gasteiger partial charge is 0.345 e. The van der Waals surface area contributed by atoms with Gasteiger partial charge in [0.15, 0.2) is 5.82 Å². The minimum atomic E-state index is -4.75. The van der Waals surface area contributed by atoms with Crippen molar-refractivity contribution in [3.05, 3.63) is 74.5 Å². The number of halogens is 9. The lowest BCUT2D eigenvalue weighted by atomic mass is 9.95. The Bertz CT molecular complexity index is 1130. The molecule has 0 saturated heterocycles. The fourth-order valence-corrected chi connectivity index (χ4v) is 3.62. The van der Waals surface area contributed by atoms with Crippen LogP contribution in [0.2, 0.25) is 10.0 Å². The Hall–Kier alpha value is -2.79. The van der Waals surface area contributed by atoms with Gasteiger partial charge in [0.25, 0.3) is 5.91 Å². The maximum absolute atomic E-state index is 13.7. The predicted octanol–water partition coefficient (Wildman–Crippen LogP) is 6.46. The second kappa shape index (κ2) is 12.0. The van der Waals surface area contributed by atoms with Gasteiger partial charge in [0.05, 0.1) is 22.5 Å². The van der Waals surface area contributed by atoms with E-state index in [1.54, 1.807) is 12.2 Å². The molecule has 0 bridgehead atoms. The average molecular weight is 559 g/mol. The number of carbonyl (C=O) groups is 2. The van der Waals surface area contributed by atoms with Crippen molar-refractivity contribution in [2.24, 2.45) is 0 Å². The Morgan fingerprint density at radius 3 is 2.14 bits per heavy atom. The number of amides is 2. The lowest BCUT2D eigenvalue weighted by molar-refractivity contribution is -0.139. The topological polar surface area (TPSA) is 58.2 Å². The molecule has 0 aliphatic carbocycles. The average Bonchev–Trinajstić information content (AvgIpc) is 2.78. The third kappa shape index (κ3) is 8.41. The monoisotopic (exact) mass is 558 g/mol. The molecule has 2 rings (SSSR count). The number of rotatable bonds is 8. The van der Waals surface area contributed by atoms with Gasteiger partial charge in [0.1, 0.15) is 6.54 Å². The van der Waals surface area contributed by atoms with E-state index in [0.29, 0.717) is 11.1 Å². The number of aryl methyl sites for hydroxylation is 1. The van der Waals surface area contributed by atoms with Crippen LogP contribution in [0.1, 0.15) is 39.9 Å². The van der Waals surface area contributed by atoms with Gasteiger partial charge in [-0.2, -0.15) is 26.3 Å². The van der Waals surface area contributed by atoms with Gasteiger partial charge in [-0.1, -0.05) is 54.4 Å². The first kappa shape index (κ1) is 29.4. The highest BCUT2D eigenvalue weighted by atomic mass is 35.5. The zero-order chi connectivity index (χ0) is 27.3. The molecule has 0 fully saturated rings. The molecule has 2 aromatic carbocycles. The zero-order valence-electron chi connectivity index (χ0n) is 18.5. The minimum absolute atomic E-state index is 0.0998. The molecular formula is C23H19Cl2F7N2O2. The largest absolute Gasteiger partial charge is 0.405 e. The van der Waals surface area contributed by atoms with Gasteiger partial charge in [-0.3, -0.25) is 9.59 Å². The van der Waals surface area contributed by atoms with Gasteiger partial charge in [0, 0.05) is 5.56 Å². The van der Waals surface area contributed by atoms with Crippen molar-refractivity contribution in [3.63, 3.8) is 0 Å². The van der Waals surface area contributed by atoms with Gasteiger partial charge < -0.3 is 10.6 Å². The van der Waals surface area contributed by atoms with Crippen LogP contribution in [0.15, 0.2) is 36.4 Å². The summed E-state index contributed by atoms with van der Waals surface area (Å²) in [5.74, 6) is -4.98. The molecule has 0 aliphatic rings. The lowest BCUT2D eigenvalue weighted by Gasteiger charge is -2.18. The number of allylic oxidation sites excluding steroid dienone is 1. The predicted molar refractivity (Wildman–Crippen MR) is 121 cm³/mol. The maximum Gasteiger partial charge on any atom is 0.405 e. The van der Waals surface area contributed by atoms with Crippen molar-refractivity contribution in [2.45, 2.75) is 31.6 Å². The Balaban J connectivity index is 2.21. The highest BCUT2D eigenvalue weighted by Crippen LogP contribution is 2.39. The summed E-state index contributed by atoms with van der Waals surface area (Å²) in [7, 11) is 0. The molecule has 13 heteroatoms. The summed E-state index contributed by atoms with van der Waals surface area (Å²) in [6.45, 7) is -0.565. The normalized spacial score (nSPS) is 13.1. The van der Waals surface area contributed by atoms with Gasteiger partial charge >= 0.3 is 12.4 Å². The van der Waals surface area contributed by atoms with E-state index in [1.807, 2.05) is 0 Å². The van der Waals surface area contributed by atoms with E-state index < -0.39 is 59.0 Å². The number of hydrogen-bond donors (Lipinski definition) is 2. The molecule has 1 atom stereocenters.